The van der Waals surface area contributed by atoms with Crippen LogP contribution in [0, 0.1) is 13.8 Å². The Balaban J connectivity index is 2.53. The average molecular weight is 285 g/mol. The SMILES string of the molecule is COc1cc(N)c(C(=O)c2ccc(C)cc2C)cc1OC. The molecule has 4 heteroatoms. The highest BCUT2D eigenvalue weighted by molar-refractivity contribution is 6.13. The summed E-state index contributed by atoms with van der Waals surface area (Å²) in [5.41, 5.74) is 9.45. The Morgan fingerprint density at radius 1 is 0.952 bits per heavy atom. The predicted octanol–water partition coefficient (Wildman–Crippen LogP) is 3.13. The van der Waals surface area contributed by atoms with Gasteiger partial charge < -0.3 is 15.2 Å². The van der Waals surface area contributed by atoms with Gasteiger partial charge in [0.25, 0.3) is 0 Å². The number of hydrogen-bond donors (Lipinski definition) is 1. The summed E-state index contributed by atoms with van der Waals surface area (Å²) in [7, 11) is 3.06. The molecule has 2 aromatic carbocycles. The van der Waals surface area contributed by atoms with Crippen LogP contribution in [0.3, 0.4) is 0 Å². The second kappa shape index (κ2) is 5.87. The maximum Gasteiger partial charge on any atom is 0.195 e. The Bertz CT molecular complexity index is 693. The minimum Gasteiger partial charge on any atom is -0.493 e. The number of aryl methyl sites for hydroxylation is 2. The lowest BCUT2D eigenvalue weighted by molar-refractivity contribution is 0.103. The molecule has 0 amide bonds. The maximum absolute atomic E-state index is 12.7. The molecule has 2 N–H and O–H groups in total. The topological polar surface area (TPSA) is 61.5 Å². The largest absolute Gasteiger partial charge is 0.493 e. The van der Waals surface area contributed by atoms with Crippen LogP contribution in [0.25, 0.3) is 0 Å². The molecule has 0 fully saturated rings. The zero-order valence-corrected chi connectivity index (χ0v) is 12.7. The van der Waals surface area contributed by atoms with Crippen molar-refractivity contribution in [3.8, 4) is 11.5 Å². The van der Waals surface area contributed by atoms with Crippen molar-refractivity contribution in [3.63, 3.8) is 0 Å². The van der Waals surface area contributed by atoms with Gasteiger partial charge in [0, 0.05) is 22.9 Å². The highest BCUT2D eigenvalue weighted by Crippen LogP contribution is 2.33. The van der Waals surface area contributed by atoms with Gasteiger partial charge in [0.15, 0.2) is 17.3 Å². The van der Waals surface area contributed by atoms with Crippen molar-refractivity contribution in [2.24, 2.45) is 0 Å². The van der Waals surface area contributed by atoms with E-state index in [2.05, 4.69) is 0 Å². The third-order valence-electron chi connectivity index (χ3n) is 3.43. The standard InChI is InChI=1S/C17H19NO3/c1-10-5-6-12(11(2)7-10)17(19)13-8-15(20-3)16(21-4)9-14(13)18/h5-9H,18H2,1-4H3. The molecule has 0 aliphatic rings. The summed E-state index contributed by atoms with van der Waals surface area (Å²) in [6.07, 6.45) is 0. The molecule has 0 aliphatic heterocycles. The molecule has 0 spiro atoms. The summed E-state index contributed by atoms with van der Waals surface area (Å²) in [5, 5.41) is 0. The second-order valence-corrected chi connectivity index (χ2v) is 4.94. The lowest BCUT2D eigenvalue weighted by Gasteiger charge is -2.13. The predicted molar refractivity (Wildman–Crippen MR) is 83.3 cm³/mol. The number of nitrogen functional groups attached to an aromatic ring is 1. The van der Waals surface area contributed by atoms with Crippen LogP contribution in [0.5, 0.6) is 11.5 Å². The van der Waals surface area contributed by atoms with Crippen LogP contribution in [0.1, 0.15) is 27.0 Å². The zero-order chi connectivity index (χ0) is 15.6. The number of anilines is 1. The van der Waals surface area contributed by atoms with Crippen LogP contribution in [0.2, 0.25) is 0 Å². The Morgan fingerprint density at radius 3 is 2.14 bits per heavy atom. The zero-order valence-electron chi connectivity index (χ0n) is 12.7. The van der Waals surface area contributed by atoms with E-state index >= 15 is 0 Å². The monoisotopic (exact) mass is 285 g/mol. The maximum atomic E-state index is 12.7. The third kappa shape index (κ3) is 2.84. The molecule has 2 rings (SSSR count). The van der Waals surface area contributed by atoms with Gasteiger partial charge in [0.05, 0.1) is 14.2 Å². The first-order valence-corrected chi connectivity index (χ1v) is 6.61. The van der Waals surface area contributed by atoms with E-state index in [0.717, 1.165) is 11.1 Å². The minimum absolute atomic E-state index is 0.119. The van der Waals surface area contributed by atoms with Gasteiger partial charge >= 0.3 is 0 Å². The van der Waals surface area contributed by atoms with Crippen LogP contribution in [0.4, 0.5) is 5.69 Å². The number of nitrogens with two attached hydrogens (primary N) is 1. The van der Waals surface area contributed by atoms with Crippen molar-refractivity contribution in [2.75, 3.05) is 20.0 Å². The van der Waals surface area contributed by atoms with Gasteiger partial charge in [-0.1, -0.05) is 23.8 Å². The van der Waals surface area contributed by atoms with Gasteiger partial charge in [-0.05, 0) is 25.5 Å². The number of carbonyl (C=O) groups excluding carboxylic acids is 1. The summed E-state index contributed by atoms with van der Waals surface area (Å²) in [5.74, 6) is 0.873. The fraction of sp³-hybridized carbons (Fsp3) is 0.235. The number of benzene rings is 2. The quantitative estimate of drug-likeness (QED) is 0.692. The van der Waals surface area contributed by atoms with E-state index in [9.17, 15) is 4.79 Å². The summed E-state index contributed by atoms with van der Waals surface area (Å²) < 4.78 is 10.4. The van der Waals surface area contributed by atoms with E-state index < -0.39 is 0 Å². The minimum atomic E-state index is -0.119. The van der Waals surface area contributed by atoms with Gasteiger partial charge in [0.2, 0.25) is 0 Å². The van der Waals surface area contributed by atoms with Crippen LogP contribution >= 0.6 is 0 Å². The first kappa shape index (κ1) is 14.9. The van der Waals surface area contributed by atoms with Crippen molar-refractivity contribution in [1.29, 1.82) is 0 Å². The normalized spacial score (nSPS) is 10.3. The van der Waals surface area contributed by atoms with Crippen LogP contribution < -0.4 is 15.2 Å². The Kier molecular flexibility index (Phi) is 4.17. The lowest BCUT2D eigenvalue weighted by atomic mass is 9.96. The van der Waals surface area contributed by atoms with Gasteiger partial charge in [-0.15, -0.1) is 0 Å². The number of methoxy groups -OCH3 is 2. The molecule has 0 radical (unpaired) electrons. The molecule has 0 atom stereocenters. The van der Waals surface area contributed by atoms with Gasteiger partial charge in [-0.3, -0.25) is 4.79 Å². The summed E-state index contributed by atoms with van der Waals surface area (Å²) in [4.78, 5) is 12.7. The van der Waals surface area contributed by atoms with E-state index in [1.165, 1.54) is 14.2 Å². The number of ether oxygens (including phenoxy) is 2. The molecular weight excluding hydrogens is 266 g/mol. The summed E-state index contributed by atoms with van der Waals surface area (Å²) >= 11 is 0. The first-order valence-electron chi connectivity index (χ1n) is 6.61. The number of carbonyl (C=O) groups is 1. The van der Waals surface area contributed by atoms with E-state index in [4.69, 9.17) is 15.2 Å². The number of rotatable bonds is 4. The highest BCUT2D eigenvalue weighted by atomic mass is 16.5. The van der Waals surface area contributed by atoms with Crippen LogP contribution in [-0.2, 0) is 0 Å². The van der Waals surface area contributed by atoms with Crippen molar-refractivity contribution < 1.29 is 14.3 Å². The Labute approximate surface area is 124 Å². The highest BCUT2D eigenvalue weighted by Gasteiger charge is 2.18. The van der Waals surface area contributed by atoms with Crippen molar-refractivity contribution in [3.05, 3.63) is 52.6 Å². The van der Waals surface area contributed by atoms with Crippen LogP contribution in [0.15, 0.2) is 30.3 Å². The third-order valence-corrected chi connectivity index (χ3v) is 3.43. The Morgan fingerprint density at radius 2 is 1.57 bits per heavy atom. The van der Waals surface area contributed by atoms with E-state index in [1.54, 1.807) is 12.1 Å². The molecule has 0 aliphatic carbocycles. The smallest absolute Gasteiger partial charge is 0.195 e. The molecule has 0 heterocycles. The van der Waals surface area contributed by atoms with Crippen molar-refractivity contribution in [1.82, 2.24) is 0 Å². The molecule has 0 bridgehead atoms. The fourth-order valence-corrected chi connectivity index (χ4v) is 2.30. The van der Waals surface area contributed by atoms with Gasteiger partial charge in [-0.2, -0.15) is 0 Å². The average Bonchev–Trinajstić information content (AvgIpc) is 2.46. The molecule has 0 saturated carbocycles. The molecule has 110 valence electrons. The number of ketones is 1. The first-order chi connectivity index (χ1) is 9.97. The van der Waals surface area contributed by atoms with Crippen molar-refractivity contribution >= 4 is 11.5 Å². The van der Waals surface area contributed by atoms with Gasteiger partial charge in [-0.25, -0.2) is 0 Å². The fourth-order valence-electron chi connectivity index (χ4n) is 2.30. The van der Waals surface area contributed by atoms with Gasteiger partial charge in [0.1, 0.15) is 0 Å². The molecule has 0 aromatic heterocycles. The lowest BCUT2D eigenvalue weighted by Crippen LogP contribution is -2.08. The second-order valence-electron chi connectivity index (χ2n) is 4.94. The summed E-state index contributed by atoms with van der Waals surface area (Å²) in [6, 6.07) is 8.94. The number of hydrogen-bond acceptors (Lipinski definition) is 4. The molecule has 0 saturated heterocycles. The van der Waals surface area contributed by atoms with Crippen molar-refractivity contribution in [2.45, 2.75) is 13.8 Å². The van der Waals surface area contributed by atoms with E-state index in [0.29, 0.717) is 28.3 Å². The summed E-state index contributed by atoms with van der Waals surface area (Å²) in [6.45, 7) is 3.91. The molecule has 0 unspecified atom stereocenters. The van der Waals surface area contributed by atoms with E-state index in [-0.39, 0.29) is 5.78 Å². The molecule has 21 heavy (non-hydrogen) atoms. The molecule has 2 aromatic rings. The Hall–Kier alpha value is -2.49. The molecule has 4 nitrogen and oxygen atoms in total. The molecular formula is C17H19NO3. The van der Waals surface area contributed by atoms with Crippen LogP contribution in [-0.4, -0.2) is 20.0 Å². The van der Waals surface area contributed by atoms with E-state index in [1.807, 2.05) is 32.0 Å².